The van der Waals surface area contributed by atoms with Crippen molar-refractivity contribution in [3.63, 3.8) is 0 Å². The molecule has 2 N–H and O–H groups in total. The number of urea groups is 1. The lowest BCUT2D eigenvalue weighted by molar-refractivity contribution is -0.192. The topological polar surface area (TPSA) is 125 Å². The molecule has 1 aliphatic heterocycles. The number of carbonyl (C=O) groups is 3. The van der Waals surface area contributed by atoms with Gasteiger partial charge in [0.1, 0.15) is 5.82 Å². The molecule has 14 heteroatoms. The first-order valence-electron chi connectivity index (χ1n) is 11.0. The van der Waals surface area contributed by atoms with Crippen LogP contribution in [-0.2, 0) is 9.53 Å². The van der Waals surface area contributed by atoms with Gasteiger partial charge in [-0.3, -0.25) is 0 Å². The molecule has 2 aromatic rings. The molecule has 202 valence electrons. The first-order valence-corrected chi connectivity index (χ1v) is 11.4. The highest BCUT2D eigenvalue weighted by Gasteiger charge is 2.38. The summed E-state index contributed by atoms with van der Waals surface area (Å²) in [5.74, 6) is -2.39. The van der Waals surface area contributed by atoms with Gasteiger partial charge in [-0.15, -0.1) is 0 Å². The van der Waals surface area contributed by atoms with Crippen molar-refractivity contribution in [2.45, 2.75) is 33.0 Å². The van der Waals surface area contributed by atoms with Crippen LogP contribution in [0.4, 0.5) is 29.5 Å². The van der Waals surface area contributed by atoms with E-state index in [0.29, 0.717) is 36.2 Å². The summed E-state index contributed by atoms with van der Waals surface area (Å²) >= 11 is 6.24. The first-order chi connectivity index (χ1) is 17.2. The quantitative estimate of drug-likeness (QED) is 0.547. The summed E-state index contributed by atoms with van der Waals surface area (Å²) in [6.45, 7) is 7.86. The van der Waals surface area contributed by atoms with Crippen LogP contribution in [0.25, 0.3) is 0 Å². The molecule has 0 radical (unpaired) electrons. The smallest absolute Gasteiger partial charge is 0.475 e. The maximum Gasteiger partial charge on any atom is 0.490 e. The number of aromatic nitrogens is 2. The number of carboxylic acid groups (broad SMARTS) is 1. The molecule has 0 aliphatic carbocycles. The van der Waals surface area contributed by atoms with Gasteiger partial charge in [-0.05, 0) is 30.5 Å². The lowest BCUT2D eigenvalue weighted by Crippen LogP contribution is -2.58. The Bertz CT molecular complexity index is 1110. The largest absolute Gasteiger partial charge is 0.490 e. The zero-order chi connectivity index (χ0) is 27.9. The molecule has 37 heavy (non-hydrogen) atoms. The van der Waals surface area contributed by atoms with Gasteiger partial charge >= 0.3 is 24.1 Å². The van der Waals surface area contributed by atoms with E-state index in [2.05, 4.69) is 38.8 Å². The Hall–Kier alpha value is -3.61. The van der Waals surface area contributed by atoms with E-state index in [9.17, 15) is 22.8 Å². The predicted octanol–water partition coefficient (Wildman–Crippen LogP) is 4.24. The van der Waals surface area contributed by atoms with Crippen molar-refractivity contribution in [2.75, 3.05) is 37.0 Å². The number of methoxy groups -OCH3 is 1. The number of hydrogen-bond acceptors (Lipinski definition) is 7. The van der Waals surface area contributed by atoms with Gasteiger partial charge in [0.05, 0.1) is 36.3 Å². The maximum absolute atomic E-state index is 13.0. The molecular weight excluding hydrogens is 519 g/mol. The Balaban J connectivity index is 0.000000604. The number of ether oxygens (including phenoxy) is 1. The minimum absolute atomic E-state index is 0.0237. The zero-order valence-electron chi connectivity index (χ0n) is 20.5. The third kappa shape index (κ3) is 8.20. The summed E-state index contributed by atoms with van der Waals surface area (Å²) < 4.78 is 36.4. The van der Waals surface area contributed by atoms with Crippen LogP contribution in [0.3, 0.4) is 0 Å². The van der Waals surface area contributed by atoms with Crippen LogP contribution in [0.15, 0.2) is 30.6 Å². The zero-order valence-corrected chi connectivity index (χ0v) is 21.3. The molecule has 0 bridgehead atoms. The molecule has 0 saturated carbocycles. The highest BCUT2D eigenvalue weighted by molar-refractivity contribution is 6.33. The van der Waals surface area contributed by atoms with E-state index in [1.807, 2.05) is 24.0 Å². The number of piperazine rings is 1. The van der Waals surface area contributed by atoms with E-state index in [-0.39, 0.29) is 23.7 Å². The lowest BCUT2D eigenvalue weighted by atomic mass is 10.00. The third-order valence-electron chi connectivity index (χ3n) is 5.41. The van der Waals surface area contributed by atoms with Gasteiger partial charge in [-0.1, -0.05) is 31.5 Å². The molecule has 3 rings (SSSR count). The number of alkyl halides is 3. The van der Waals surface area contributed by atoms with Crippen molar-refractivity contribution >= 4 is 41.1 Å². The summed E-state index contributed by atoms with van der Waals surface area (Å²) in [7, 11) is 1.30. The van der Waals surface area contributed by atoms with Gasteiger partial charge in [0, 0.05) is 19.6 Å². The molecule has 2 amide bonds. The van der Waals surface area contributed by atoms with E-state index in [4.69, 9.17) is 21.5 Å². The van der Waals surface area contributed by atoms with E-state index in [1.165, 1.54) is 13.3 Å². The Kier molecular flexibility index (Phi) is 10.1. The molecule has 1 saturated heterocycles. The van der Waals surface area contributed by atoms with Crippen LogP contribution in [0.1, 0.15) is 29.9 Å². The van der Waals surface area contributed by atoms with E-state index >= 15 is 0 Å². The fourth-order valence-electron chi connectivity index (χ4n) is 3.46. The number of aryl methyl sites for hydroxylation is 1. The summed E-state index contributed by atoms with van der Waals surface area (Å²) in [4.78, 5) is 45.9. The van der Waals surface area contributed by atoms with Gasteiger partial charge in [-0.25, -0.2) is 24.4 Å². The second-order valence-corrected chi connectivity index (χ2v) is 8.83. The number of hydrogen-bond donors (Lipinski definition) is 2. The monoisotopic (exact) mass is 545 g/mol. The van der Waals surface area contributed by atoms with Crippen LogP contribution in [0, 0.1) is 12.8 Å². The number of nitrogens with zero attached hydrogens (tertiary/aromatic N) is 4. The number of carboxylic acids is 1. The Labute approximate surface area is 216 Å². The van der Waals surface area contributed by atoms with Gasteiger partial charge in [0.15, 0.2) is 5.69 Å². The average molecular weight is 546 g/mol. The van der Waals surface area contributed by atoms with Crippen LogP contribution >= 0.6 is 11.6 Å². The molecular formula is C23H27ClF3N5O5. The van der Waals surface area contributed by atoms with Crippen LogP contribution in [0.5, 0.6) is 0 Å². The maximum atomic E-state index is 13.0. The molecule has 2 heterocycles. The minimum atomic E-state index is -5.08. The Morgan fingerprint density at radius 3 is 2.35 bits per heavy atom. The molecule has 1 aliphatic rings. The van der Waals surface area contributed by atoms with Crippen molar-refractivity contribution in [2.24, 2.45) is 5.92 Å². The number of rotatable bonds is 4. The summed E-state index contributed by atoms with van der Waals surface area (Å²) in [5.41, 5.74) is 1.79. The van der Waals surface area contributed by atoms with E-state index < -0.39 is 18.1 Å². The molecule has 1 unspecified atom stereocenters. The number of esters is 1. The number of nitrogens with one attached hydrogen (secondary N) is 1. The SMILES string of the molecule is COC(=O)c1cnc(N2CCN(C(=O)Nc3cc(C)ccc3Cl)C(C(C)C)C2)cn1.O=C(O)C(F)(F)F. The predicted molar refractivity (Wildman–Crippen MR) is 130 cm³/mol. The third-order valence-corrected chi connectivity index (χ3v) is 5.74. The number of carbonyl (C=O) groups excluding carboxylic acids is 2. The fourth-order valence-corrected chi connectivity index (χ4v) is 3.62. The second kappa shape index (κ2) is 12.6. The fraction of sp³-hybridized carbons (Fsp3) is 0.435. The number of anilines is 2. The van der Waals surface area contributed by atoms with Crippen LogP contribution < -0.4 is 10.2 Å². The first kappa shape index (κ1) is 29.6. The van der Waals surface area contributed by atoms with Crippen LogP contribution in [0.2, 0.25) is 5.02 Å². The molecule has 1 atom stereocenters. The number of amides is 2. The molecule has 10 nitrogen and oxygen atoms in total. The van der Waals surface area contributed by atoms with Gasteiger partial charge in [0.2, 0.25) is 0 Å². The average Bonchev–Trinajstić information content (AvgIpc) is 2.85. The minimum Gasteiger partial charge on any atom is -0.475 e. The van der Waals surface area contributed by atoms with Gasteiger partial charge < -0.3 is 25.0 Å². The van der Waals surface area contributed by atoms with E-state index in [1.54, 1.807) is 12.3 Å². The van der Waals surface area contributed by atoms with Gasteiger partial charge in [-0.2, -0.15) is 13.2 Å². The highest BCUT2D eigenvalue weighted by atomic mass is 35.5. The standard InChI is InChI=1S/C21H26ClN5O3.C2HF3O2/c1-13(2)18-12-26(19-11-23-17(10-24-19)20(28)30-4)7-8-27(18)21(29)25-16-9-14(3)5-6-15(16)22;3-2(4,5)1(6)7/h5-6,9-11,13,18H,7-8,12H2,1-4H3,(H,25,29);(H,6,7). The molecule has 0 spiro atoms. The van der Waals surface area contributed by atoms with E-state index in [0.717, 1.165) is 5.56 Å². The second-order valence-electron chi connectivity index (χ2n) is 8.42. The van der Waals surface area contributed by atoms with Crippen molar-refractivity contribution in [3.05, 3.63) is 46.9 Å². The van der Waals surface area contributed by atoms with Crippen molar-refractivity contribution < 1.29 is 37.4 Å². The molecule has 1 fully saturated rings. The lowest BCUT2D eigenvalue weighted by Gasteiger charge is -2.43. The molecule has 1 aromatic heterocycles. The van der Waals surface area contributed by atoms with Crippen molar-refractivity contribution in [1.82, 2.24) is 14.9 Å². The van der Waals surface area contributed by atoms with Gasteiger partial charge in [0.25, 0.3) is 0 Å². The van der Waals surface area contributed by atoms with Crippen LogP contribution in [-0.4, -0.2) is 76.9 Å². The van der Waals surface area contributed by atoms with Crippen molar-refractivity contribution in [3.8, 4) is 0 Å². The summed E-state index contributed by atoms with van der Waals surface area (Å²) in [6, 6.07) is 5.35. The summed E-state index contributed by atoms with van der Waals surface area (Å²) in [6.07, 6.45) is -2.11. The molecule has 1 aromatic carbocycles. The highest BCUT2D eigenvalue weighted by Crippen LogP contribution is 2.26. The Morgan fingerprint density at radius 2 is 1.84 bits per heavy atom. The number of halogens is 4. The number of benzene rings is 1. The summed E-state index contributed by atoms with van der Waals surface area (Å²) in [5, 5.41) is 10.6. The Morgan fingerprint density at radius 1 is 1.19 bits per heavy atom. The number of aliphatic carboxylic acids is 1. The normalized spacial score (nSPS) is 15.5. The van der Waals surface area contributed by atoms with Crippen molar-refractivity contribution in [1.29, 1.82) is 0 Å².